The van der Waals surface area contributed by atoms with Crippen molar-refractivity contribution >= 4 is 39.5 Å². The van der Waals surface area contributed by atoms with Crippen molar-refractivity contribution in [3.05, 3.63) is 0 Å². The Kier molecular flexibility index (Phi) is 72.2. The van der Waals surface area contributed by atoms with Gasteiger partial charge < -0.3 is 33.8 Å². The molecule has 0 spiro atoms. The largest absolute Gasteiger partial charge is 0.472 e. The standard InChI is InChI=1S/C82H160O17P2/c1-7-10-12-14-16-18-20-22-24-25-26-27-28-29-30-32-34-36-41-47-54-60-66-81(86)98-77(70-92-79(84)64-58-52-46-40-35-33-31-23-21-19-17-15-13-11-8-2)72-96-100(88,89)94-68-76(83)69-95-101(90,91)97-73-78(71-93-80(85)65-59-53-49-43-44-50-56-62-74(4)5)99-82(87)67-61-55-48-42-38-37-39-45-51-57-63-75(6)9-3/h74-78,83H,7-73H2,1-6H3,(H,88,89)(H,90,91)/t75?,76-,77-,78-/m1/s1. The van der Waals surface area contributed by atoms with Crippen LogP contribution in [0, 0.1) is 11.8 Å². The maximum atomic E-state index is 13.1. The first-order chi connectivity index (χ1) is 48.9. The molecular formula is C82H160O17P2. The van der Waals surface area contributed by atoms with Crippen LogP contribution in [-0.2, 0) is 65.4 Å². The highest BCUT2D eigenvalue weighted by Crippen LogP contribution is 2.45. The number of hydrogen-bond donors (Lipinski definition) is 3. The zero-order valence-corrected chi connectivity index (χ0v) is 68.0. The van der Waals surface area contributed by atoms with Gasteiger partial charge >= 0.3 is 39.5 Å². The average Bonchev–Trinajstić information content (AvgIpc) is 1.14. The summed E-state index contributed by atoms with van der Waals surface area (Å²) < 4.78 is 68.7. The Hall–Kier alpha value is -1.94. The van der Waals surface area contributed by atoms with Crippen LogP contribution in [0.4, 0.5) is 0 Å². The molecular weight excluding hydrogens is 1320 g/mol. The molecule has 0 saturated carbocycles. The van der Waals surface area contributed by atoms with Gasteiger partial charge in [-0.15, -0.1) is 0 Å². The summed E-state index contributed by atoms with van der Waals surface area (Å²) in [5.74, 6) is -0.602. The lowest BCUT2D eigenvalue weighted by Crippen LogP contribution is -2.30. The van der Waals surface area contributed by atoms with Gasteiger partial charge in [0.15, 0.2) is 12.2 Å². The van der Waals surface area contributed by atoms with Crippen molar-refractivity contribution in [3.63, 3.8) is 0 Å². The molecule has 0 aliphatic rings. The third-order valence-corrected chi connectivity index (χ3v) is 21.5. The van der Waals surface area contributed by atoms with Gasteiger partial charge in [-0.1, -0.05) is 382 Å². The smallest absolute Gasteiger partial charge is 0.462 e. The molecule has 17 nitrogen and oxygen atoms in total. The summed E-state index contributed by atoms with van der Waals surface area (Å²) in [5.41, 5.74) is 0. The fourth-order valence-electron chi connectivity index (χ4n) is 12.7. The van der Waals surface area contributed by atoms with Gasteiger partial charge in [0.25, 0.3) is 0 Å². The van der Waals surface area contributed by atoms with Crippen LogP contribution in [0.25, 0.3) is 0 Å². The van der Waals surface area contributed by atoms with Crippen LogP contribution in [0.2, 0.25) is 0 Å². The minimum atomic E-state index is -4.96. The quantitative estimate of drug-likeness (QED) is 0.0222. The SMILES string of the molecule is CCCCCCCCCCCCCCCCCCCCCCCCC(=O)O[C@H](COC(=O)CCCCCCCCCCCCCCCCC)COP(=O)(O)OC[C@@H](O)COP(=O)(O)OC[C@@H](COC(=O)CCCCCCCCCC(C)C)OC(=O)CCCCCCCCCCCCC(C)CC. The maximum absolute atomic E-state index is 13.1. The first-order valence-corrected chi connectivity index (χ1v) is 45.5. The van der Waals surface area contributed by atoms with Crippen molar-refractivity contribution in [2.24, 2.45) is 11.8 Å². The Morgan fingerprint density at radius 2 is 0.505 bits per heavy atom. The summed E-state index contributed by atoms with van der Waals surface area (Å²) in [7, 11) is -9.92. The number of phosphoric ester groups is 2. The fraction of sp³-hybridized carbons (Fsp3) is 0.951. The topological polar surface area (TPSA) is 237 Å². The van der Waals surface area contributed by atoms with Gasteiger partial charge in [-0.05, 0) is 37.5 Å². The summed E-state index contributed by atoms with van der Waals surface area (Å²) in [6, 6.07) is 0. The van der Waals surface area contributed by atoms with Gasteiger partial charge in [-0.2, -0.15) is 0 Å². The molecule has 3 N–H and O–H groups in total. The lowest BCUT2D eigenvalue weighted by atomic mass is 9.99. The summed E-state index contributed by atoms with van der Waals surface area (Å²) in [4.78, 5) is 73.0. The second-order valence-electron chi connectivity index (χ2n) is 30.2. The van der Waals surface area contributed by atoms with Crippen molar-refractivity contribution in [2.75, 3.05) is 39.6 Å². The first kappa shape index (κ1) is 99.1. The number of aliphatic hydroxyl groups excluding tert-OH is 1. The van der Waals surface area contributed by atoms with Gasteiger partial charge in [-0.25, -0.2) is 9.13 Å². The number of ether oxygens (including phenoxy) is 4. The number of aliphatic hydroxyl groups is 1. The van der Waals surface area contributed by atoms with Crippen LogP contribution in [0.3, 0.4) is 0 Å². The summed E-state index contributed by atoms with van der Waals surface area (Å²) in [5, 5.41) is 10.6. The number of phosphoric acid groups is 2. The molecule has 0 aromatic rings. The maximum Gasteiger partial charge on any atom is 0.472 e. The zero-order chi connectivity index (χ0) is 74.2. The molecule has 0 bridgehead atoms. The molecule has 0 aliphatic heterocycles. The number of carbonyl (C=O) groups excluding carboxylic acids is 4. The zero-order valence-electron chi connectivity index (χ0n) is 66.2. The van der Waals surface area contributed by atoms with E-state index in [9.17, 15) is 43.2 Å². The Balaban J connectivity index is 5.21. The Morgan fingerprint density at radius 1 is 0.287 bits per heavy atom. The molecule has 101 heavy (non-hydrogen) atoms. The molecule has 0 aromatic carbocycles. The predicted octanol–water partition coefficient (Wildman–Crippen LogP) is 24.7. The van der Waals surface area contributed by atoms with E-state index in [1.165, 1.54) is 244 Å². The normalized spacial score (nSPS) is 14.2. The van der Waals surface area contributed by atoms with Crippen LogP contribution in [0.1, 0.15) is 433 Å². The number of rotatable bonds is 81. The van der Waals surface area contributed by atoms with Crippen molar-refractivity contribution in [1.29, 1.82) is 0 Å². The monoisotopic (exact) mass is 1480 g/mol. The van der Waals surface area contributed by atoms with Gasteiger partial charge in [0.1, 0.15) is 19.3 Å². The highest BCUT2D eigenvalue weighted by molar-refractivity contribution is 7.47. The first-order valence-electron chi connectivity index (χ1n) is 42.5. The molecule has 3 unspecified atom stereocenters. The van der Waals surface area contributed by atoms with Crippen LogP contribution < -0.4 is 0 Å². The van der Waals surface area contributed by atoms with E-state index in [0.29, 0.717) is 31.6 Å². The molecule has 0 aliphatic carbocycles. The highest BCUT2D eigenvalue weighted by atomic mass is 31.2. The van der Waals surface area contributed by atoms with Crippen molar-refractivity contribution in [2.45, 2.75) is 452 Å². The van der Waals surface area contributed by atoms with E-state index in [0.717, 1.165) is 102 Å². The van der Waals surface area contributed by atoms with E-state index in [2.05, 4.69) is 41.5 Å². The Bertz CT molecular complexity index is 1940. The average molecular weight is 1480 g/mol. The second kappa shape index (κ2) is 73.6. The summed E-state index contributed by atoms with van der Waals surface area (Å²) >= 11 is 0. The van der Waals surface area contributed by atoms with E-state index >= 15 is 0 Å². The molecule has 0 amide bonds. The van der Waals surface area contributed by atoms with E-state index in [-0.39, 0.29) is 25.7 Å². The number of unbranched alkanes of at least 4 members (excludes halogenated alkanes) is 50. The minimum absolute atomic E-state index is 0.106. The van der Waals surface area contributed by atoms with E-state index in [1.807, 2.05) is 0 Å². The van der Waals surface area contributed by atoms with Crippen molar-refractivity contribution in [3.8, 4) is 0 Å². The van der Waals surface area contributed by atoms with Gasteiger partial charge in [0.2, 0.25) is 0 Å². The van der Waals surface area contributed by atoms with Crippen LogP contribution in [0.15, 0.2) is 0 Å². The Labute approximate surface area is 619 Å². The summed E-state index contributed by atoms with van der Waals surface area (Å²) in [6.45, 7) is 9.60. The van der Waals surface area contributed by atoms with E-state index < -0.39 is 97.5 Å². The molecule has 0 radical (unpaired) electrons. The lowest BCUT2D eigenvalue weighted by Gasteiger charge is -2.21. The second-order valence-corrected chi connectivity index (χ2v) is 33.1. The van der Waals surface area contributed by atoms with Crippen LogP contribution >= 0.6 is 15.6 Å². The molecule has 600 valence electrons. The molecule has 6 atom stereocenters. The molecule has 0 saturated heterocycles. The molecule has 0 rings (SSSR count). The van der Waals surface area contributed by atoms with Gasteiger partial charge in [-0.3, -0.25) is 37.3 Å². The van der Waals surface area contributed by atoms with E-state index in [1.54, 1.807) is 0 Å². The van der Waals surface area contributed by atoms with Gasteiger partial charge in [0.05, 0.1) is 26.4 Å². The molecule has 0 aromatic heterocycles. The number of esters is 4. The molecule has 19 heteroatoms. The minimum Gasteiger partial charge on any atom is -0.462 e. The highest BCUT2D eigenvalue weighted by Gasteiger charge is 2.30. The third kappa shape index (κ3) is 74.7. The molecule has 0 heterocycles. The predicted molar refractivity (Wildman–Crippen MR) is 414 cm³/mol. The van der Waals surface area contributed by atoms with E-state index in [4.69, 9.17) is 37.0 Å². The lowest BCUT2D eigenvalue weighted by molar-refractivity contribution is -0.161. The number of hydrogen-bond acceptors (Lipinski definition) is 15. The number of carbonyl (C=O) groups is 4. The van der Waals surface area contributed by atoms with Crippen LogP contribution in [0.5, 0.6) is 0 Å². The Morgan fingerprint density at radius 3 is 0.752 bits per heavy atom. The molecule has 0 fully saturated rings. The van der Waals surface area contributed by atoms with Crippen molar-refractivity contribution in [1.82, 2.24) is 0 Å². The fourth-order valence-corrected chi connectivity index (χ4v) is 14.3. The summed E-state index contributed by atoms with van der Waals surface area (Å²) in [6.07, 6.45) is 64.0. The van der Waals surface area contributed by atoms with Crippen LogP contribution in [-0.4, -0.2) is 96.7 Å². The third-order valence-electron chi connectivity index (χ3n) is 19.6. The van der Waals surface area contributed by atoms with Crippen molar-refractivity contribution < 1.29 is 80.2 Å². The van der Waals surface area contributed by atoms with Gasteiger partial charge in [0, 0.05) is 25.7 Å².